The normalized spacial score (nSPS) is 14.6. The van der Waals surface area contributed by atoms with Crippen molar-refractivity contribution in [2.75, 3.05) is 19.6 Å². The van der Waals surface area contributed by atoms with E-state index in [-0.39, 0.29) is 0 Å². The molecule has 12 heteroatoms. The van der Waals surface area contributed by atoms with E-state index in [2.05, 4.69) is 233 Å². The van der Waals surface area contributed by atoms with Gasteiger partial charge in [0.15, 0.2) is 0 Å². The van der Waals surface area contributed by atoms with Crippen LogP contribution in [0.15, 0.2) is 268 Å². The first-order chi connectivity index (χ1) is 55.5. The summed E-state index contributed by atoms with van der Waals surface area (Å²) in [5.41, 5.74) is 58.0. The molecule has 16 aromatic rings. The number of pyridine rings is 8. The van der Waals surface area contributed by atoms with Gasteiger partial charge in [-0.2, -0.15) is 0 Å². The quantitative estimate of drug-likeness (QED) is 0.144. The van der Waals surface area contributed by atoms with Crippen molar-refractivity contribution >= 4 is 68.2 Å². The van der Waals surface area contributed by atoms with Gasteiger partial charge in [-0.05, 0) is 268 Å². The van der Waals surface area contributed by atoms with E-state index in [1.54, 1.807) is 0 Å². The average molecular weight is 1440 g/mol. The first-order valence-corrected chi connectivity index (χ1v) is 39.2. The Morgan fingerprint density at radius 3 is 0.929 bits per heavy atom. The van der Waals surface area contributed by atoms with Crippen LogP contribution in [0.3, 0.4) is 0 Å². The van der Waals surface area contributed by atoms with Gasteiger partial charge in [-0.25, -0.2) is 0 Å². The van der Waals surface area contributed by atoms with Crippen molar-refractivity contribution in [1.82, 2.24) is 39.9 Å². The minimum absolute atomic E-state index is 0.807. The van der Waals surface area contributed by atoms with Gasteiger partial charge >= 0.3 is 0 Å². The lowest BCUT2D eigenvalue weighted by Crippen LogP contribution is -2.26. The average Bonchev–Trinajstić information content (AvgIpc) is 0.996. The van der Waals surface area contributed by atoms with E-state index in [0.717, 1.165) is 106 Å². The van der Waals surface area contributed by atoms with Crippen LogP contribution in [-0.4, -0.2) is 39.9 Å². The zero-order valence-electron chi connectivity index (χ0n) is 61.3. The fraction of sp³-hybridized carbons (Fsp3) is 0.120. The number of hydrogen-bond acceptors (Lipinski definition) is 12. The summed E-state index contributed by atoms with van der Waals surface area (Å²) in [5, 5.41) is 0. The molecule has 0 atom stereocenters. The van der Waals surface area contributed by atoms with Crippen molar-refractivity contribution in [3.8, 4) is 44.5 Å². The van der Waals surface area contributed by atoms with Crippen molar-refractivity contribution in [2.24, 2.45) is 0 Å². The van der Waals surface area contributed by atoms with E-state index in [4.69, 9.17) is 15.0 Å². The molecule has 8 aromatic heterocycles. The molecular formula is C100H68N12. The first kappa shape index (κ1) is 62.1. The van der Waals surface area contributed by atoms with Gasteiger partial charge in [0.25, 0.3) is 0 Å². The van der Waals surface area contributed by atoms with Crippen molar-refractivity contribution in [1.29, 1.82) is 0 Å². The minimum atomic E-state index is 0.807. The van der Waals surface area contributed by atoms with Crippen LogP contribution in [0.2, 0.25) is 0 Å². The molecule has 0 N–H and O–H groups in total. The first-order valence-electron chi connectivity index (χ1n) is 39.2. The second kappa shape index (κ2) is 23.8. The summed E-state index contributed by atoms with van der Waals surface area (Å²) in [6.45, 7) is 0. The Balaban J connectivity index is 0.0000000847. The van der Waals surface area contributed by atoms with Crippen LogP contribution in [-0.2, 0) is 77.0 Å². The van der Waals surface area contributed by atoms with Crippen LogP contribution in [0.25, 0.3) is 44.5 Å². The fourth-order valence-corrected chi connectivity index (χ4v) is 20.7. The Kier molecular flexibility index (Phi) is 13.2. The van der Waals surface area contributed by atoms with E-state index in [1.807, 2.05) is 80.2 Å². The minimum Gasteiger partial charge on any atom is -0.308 e. The second-order valence-electron chi connectivity index (χ2n) is 31.7. The third-order valence-electron chi connectivity index (χ3n) is 25.5. The van der Waals surface area contributed by atoms with E-state index in [0.29, 0.717) is 0 Å². The molecule has 12 nitrogen and oxygen atoms in total. The SMILES string of the molecule is c1ccc2c(c1)Cc1cc3c(cc1-2)Cc1ccnc2c1N3c1cccnc1C2.c1ccc2c(c1)Cc1cc3c(cc1-2)Cc1ccnc2c1N3c1ccncc1C2.c1ccc2c(c1)Cc1cc3c(cc1-2)Cc1cncc2c1N3c1cccnc1C2.c1ccc2c(c1)Cc1cc3c(cc1-2)Cc1nccc2c1N3c1cccnc1C2. The highest BCUT2D eigenvalue weighted by Gasteiger charge is 2.40. The summed E-state index contributed by atoms with van der Waals surface area (Å²) in [6, 6.07) is 75.9. The van der Waals surface area contributed by atoms with Crippen LogP contribution in [0.4, 0.5) is 68.2 Å². The Bertz CT molecular complexity index is 6040. The van der Waals surface area contributed by atoms with E-state index >= 15 is 0 Å². The highest BCUT2D eigenvalue weighted by molar-refractivity contribution is 5.97. The molecule has 112 heavy (non-hydrogen) atoms. The molecule has 28 rings (SSSR count). The van der Waals surface area contributed by atoms with Crippen molar-refractivity contribution < 1.29 is 0 Å². The standard InChI is InChI=1S/4C25H17N3/c1-2-5-19-15(4-1)10-17-14-24-18(11-20(17)19)13-22-25-16(7-9-27-22)12-21-23(28(24)25)6-3-8-26-21;1-2-5-19-15(4-1)10-17-13-24-18(12-20(17)19)11-16-7-9-27-22-14-21-23(6-3-8-26-21)28(24)25(16)22;1-2-5-20-15(4-1)8-16-12-24-17(10-21(16)20)9-18-13-26-14-19-11-22-23(6-3-7-27-22)28(24)25(18)19;1-2-4-20-15(3-1)9-17-13-24-18(11-21(17)20)10-16-5-8-27-22-12-19-14-26-7-6-23(19)28(24)25(16)22/h1-9,11,14H,10,12-13H2;1-9,12-13H,10-11,14H2;1-7,10,12-14H,8-9,11H2;1-8,11,13-14H,9-10,12H2. The molecule has 4 aliphatic carbocycles. The molecule has 0 radical (unpaired) electrons. The second-order valence-corrected chi connectivity index (χ2v) is 31.7. The predicted molar refractivity (Wildman–Crippen MR) is 442 cm³/mol. The maximum absolute atomic E-state index is 4.76. The molecule has 0 unspecified atom stereocenters. The third kappa shape index (κ3) is 9.29. The summed E-state index contributed by atoms with van der Waals surface area (Å²) < 4.78 is 0. The summed E-state index contributed by atoms with van der Waals surface area (Å²) in [6.07, 6.45) is 30.7. The maximum atomic E-state index is 4.76. The van der Waals surface area contributed by atoms with Gasteiger partial charge in [-0.1, -0.05) is 97.1 Å². The van der Waals surface area contributed by atoms with Crippen molar-refractivity contribution in [3.63, 3.8) is 0 Å². The van der Waals surface area contributed by atoms with Gasteiger partial charge < -0.3 is 19.6 Å². The molecule has 16 heterocycles. The number of nitrogens with zero attached hydrogens (tertiary/aromatic N) is 12. The number of fused-ring (bicyclic) bond motifs is 28. The summed E-state index contributed by atoms with van der Waals surface area (Å²) in [4.78, 5) is 46.8. The molecule has 12 aliphatic rings. The van der Waals surface area contributed by atoms with Gasteiger partial charge in [0.2, 0.25) is 0 Å². The number of benzene rings is 8. The Hall–Kier alpha value is -13.8. The summed E-state index contributed by atoms with van der Waals surface area (Å²) in [7, 11) is 0. The monoisotopic (exact) mass is 1440 g/mol. The van der Waals surface area contributed by atoms with E-state index in [9.17, 15) is 0 Å². The zero-order valence-corrected chi connectivity index (χ0v) is 61.3. The molecule has 528 valence electrons. The molecule has 8 aliphatic heterocycles. The maximum Gasteiger partial charge on any atom is 0.0717 e. The van der Waals surface area contributed by atoms with Crippen LogP contribution in [0.5, 0.6) is 0 Å². The molecule has 0 saturated heterocycles. The smallest absolute Gasteiger partial charge is 0.0717 e. The van der Waals surface area contributed by atoms with Crippen LogP contribution >= 0.6 is 0 Å². The van der Waals surface area contributed by atoms with Gasteiger partial charge in [0, 0.05) is 124 Å². The number of aromatic nitrogens is 8. The van der Waals surface area contributed by atoms with Crippen LogP contribution < -0.4 is 19.6 Å². The lowest BCUT2D eigenvalue weighted by atomic mass is 9.88. The Morgan fingerprint density at radius 1 is 0.170 bits per heavy atom. The summed E-state index contributed by atoms with van der Waals surface area (Å²) in [5.74, 6) is 0. The van der Waals surface area contributed by atoms with Crippen molar-refractivity contribution in [3.05, 3.63) is 403 Å². The molecule has 0 amide bonds. The molecule has 0 bridgehead atoms. The number of anilines is 12. The highest BCUT2D eigenvalue weighted by Crippen LogP contribution is 2.58. The van der Waals surface area contributed by atoms with Crippen LogP contribution in [0, 0.1) is 0 Å². The van der Waals surface area contributed by atoms with Gasteiger partial charge in [0.05, 0.1) is 102 Å². The molecule has 8 aromatic carbocycles. The fourth-order valence-electron chi connectivity index (χ4n) is 20.7. The predicted octanol–water partition coefficient (Wildman–Crippen LogP) is 21.3. The van der Waals surface area contributed by atoms with Gasteiger partial charge in [-0.3, -0.25) is 39.9 Å². The number of hydrogen-bond donors (Lipinski definition) is 0. The topological polar surface area (TPSA) is 116 Å². The lowest BCUT2D eigenvalue weighted by Gasteiger charge is -2.38. The van der Waals surface area contributed by atoms with Gasteiger partial charge in [-0.15, -0.1) is 0 Å². The lowest BCUT2D eigenvalue weighted by molar-refractivity contribution is 0.926. The van der Waals surface area contributed by atoms with Crippen LogP contribution in [0.1, 0.15) is 134 Å². The molecule has 0 spiro atoms. The largest absolute Gasteiger partial charge is 0.308 e. The molecular weight excluding hydrogens is 1370 g/mol. The van der Waals surface area contributed by atoms with E-state index < -0.39 is 0 Å². The number of rotatable bonds is 0. The van der Waals surface area contributed by atoms with Gasteiger partial charge in [0.1, 0.15) is 0 Å². The third-order valence-corrected chi connectivity index (χ3v) is 25.5. The highest BCUT2D eigenvalue weighted by atomic mass is 15.2. The zero-order chi connectivity index (χ0) is 73.0. The Labute approximate surface area is 647 Å². The van der Waals surface area contributed by atoms with Crippen molar-refractivity contribution in [2.45, 2.75) is 77.0 Å². The van der Waals surface area contributed by atoms with E-state index in [1.165, 1.54) is 219 Å². The summed E-state index contributed by atoms with van der Waals surface area (Å²) >= 11 is 0. The molecule has 0 saturated carbocycles. The Morgan fingerprint density at radius 2 is 0.482 bits per heavy atom. The molecule has 0 fully saturated rings.